The first-order valence-corrected chi connectivity index (χ1v) is 5.97. The fourth-order valence-electron chi connectivity index (χ4n) is 1.40. The van der Waals surface area contributed by atoms with E-state index in [1.54, 1.807) is 0 Å². The monoisotopic (exact) mass is 327 g/mol. The zero-order chi connectivity index (χ0) is 13.8. The summed E-state index contributed by atoms with van der Waals surface area (Å²) in [6.45, 7) is -0.198. The quantitative estimate of drug-likeness (QED) is 0.471. The molecule has 1 atom stereocenters. The number of halogens is 4. The number of nitrogens with zero attached hydrogens (tertiary/aromatic N) is 1. The first-order chi connectivity index (χ1) is 8.38. The van der Waals surface area contributed by atoms with E-state index in [0.29, 0.717) is 0 Å². The molecule has 0 heterocycles. The molecule has 100 valence electrons. The largest absolute Gasteiger partial charge is 0.419 e. The molecule has 0 fully saturated rings. The molecular weight excluding hydrogens is 319 g/mol. The Hall–Kier alpha value is -1.15. The van der Waals surface area contributed by atoms with E-state index in [4.69, 9.17) is 0 Å². The molecule has 1 aromatic carbocycles. The van der Waals surface area contributed by atoms with E-state index in [1.807, 2.05) is 0 Å². The van der Waals surface area contributed by atoms with Gasteiger partial charge in [-0.05, 0) is 6.07 Å². The lowest BCUT2D eigenvalue weighted by molar-refractivity contribution is -0.387. The SMILES string of the molecule is O=[N+]([O-])c1ccccc1C(OCCBr)C(F)(F)F. The molecule has 18 heavy (non-hydrogen) atoms. The van der Waals surface area contributed by atoms with Gasteiger partial charge in [0, 0.05) is 11.4 Å². The van der Waals surface area contributed by atoms with Crippen LogP contribution < -0.4 is 0 Å². The minimum Gasteiger partial charge on any atom is -0.363 e. The van der Waals surface area contributed by atoms with E-state index in [0.717, 1.165) is 12.1 Å². The average Bonchev–Trinajstić information content (AvgIpc) is 2.28. The molecule has 0 bridgehead atoms. The fourth-order valence-corrected chi connectivity index (χ4v) is 1.59. The predicted octanol–water partition coefficient (Wildman–Crippen LogP) is 3.61. The number of benzene rings is 1. The van der Waals surface area contributed by atoms with Crippen LogP contribution in [0, 0.1) is 10.1 Å². The van der Waals surface area contributed by atoms with Gasteiger partial charge in [0.25, 0.3) is 5.69 Å². The summed E-state index contributed by atoms with van der Waals surface area (Å²) in [5.74, 6) is 0. The van der Waals surface area contributed by atoms with Gasteiger partial charge < -0.3 is 4.74 Å². The van der Waals surface area contributed by atoms with Gasteiger partial charge >= 0.3 is 6.18 Å². The average molecular weight is 328 g/mol. The van der Waals surface area contributed by atoms with Crippen molar-refractivity contribution in [3.8, 4) is 0 Å². The molecule has 4 nitrogen and oxygen atoms in total. The second-order valence-electron chi connectivity index (χ2n) is 3.30. The highest BCUT2D eigenvalue weighted by molar-refractivity contribution is 9.09. The summed E-state index contributed by atoms with van der Waals surface area (Å²) in [4.78, 5) is 9.84. The molecular formula is C10H9BrF3NO3. The van der Waals surface area contributed by atoms with Crippen LogP contribution in [0.15, 0.2) is 24.3 Å². The van der Waals surface area contributed by atoms with Crippen molar-refractivity contribution < 1.29 is 22.8 Å². The summed E-state index contributed by atoms with van der Waals surface area (Å²) < 4.78 is 43.1. The van der Waals surface area contributed by atoms with Gasteiger partial charge in [0.15, 0.2) is 6.10 Å². The van der Waals surface area contributed by atoms with Crippen molar-refractivity contribution in [3.05, 3.63) is 39.9 Å². The number of ether oxygens (including phenoxy) is 1. The summed E-state index contributed by atoms with van der Waals surface area (Å²) in [5.41, 5.74) is -1.09. The summed E-state index contributed by atoms with van der Waals surface area (Å²) in [7, 11) is 0. The van der Waals surface area contributed by atoms with Gasteiger partial charge in [-0.25, -0.2) is 0 Å². The molecule has 0 radical (unpaired) electrons. The van der Waals surface area contributed by atoms with Gasteiger partial charge in [-0.3, -0.25) is 10.1 Å². The minimum absolute atomic E-state index is 0.198. The van der Waals surface area contributed by atoms with Crippen molar-refractivity contribution in [2.24, 2.45) is 0 Å². The lowest BCUT2D eigenvalue weighted by Gasteiger charge is -2.20. The Labute approximate surface area is 109 Å². The molecule has 1 unspecified atom stereocenters. The van der Waals surface area contributed by atoms with Gasteiger partial charge in [-0.1, -0.05) is 28.1 Å². The molecule has 0 aliphatic heterocycles. The van der Waals surface area contributed by atoms with Gasteiger partial charge in [0.1, 0.15) is 0 Å². The zero-order valence-corrected chi connectivity index (χ0v) is 10.6. The first kappa shape index (κ1) is 14.9. The summed E-state index contributed by atoms with van der Waals surface area (Å²) in [5, 5.41) is 10.9. The lowest BCUT2D eigenvalue weighted by Crippen LogP contribution is -2.25. The number of nitro benzene ring substituents is 1. The first-order valence-electron chi connectivity index (χ1n) is 4.85. The topological polar surface area (TPSA) is 52.4 Å². The summed E-state index contributed by atoms with van der Waals surface area (Å²) in [6, 6.07) is 4.67. The van der Waals surface area contributed by atoms with E-state index in [2.05, 4.69) is 20.7 Å². The van der Waals surface area contributed by atoms with Gasteiger partial charge in [-0.2, -0.15) is 13.2 Å². The van der Waals surface area contributed by atoms with E-state index in [9.17, 15) is 23.3 Å². The molecule has 0 N–H and O–H groups in total. The highest BCUT2D eigenvalue weighted by atomic mass is 79.9. The number of alkyl halides is 4. The normalized spacial score (nSPS) is 13.3. The number of nitro groups is 1. The molecule has 0 saturated carbocycles. The zero-order valence-electron chi connectivity index (χ0n) is 8.98. The van der Waals surface area contributed by atoms with Crippen LogP contribution in [-0.4, -0.2) is 23.0 Å². The van der Waals surface area contributed by atoms with Crippen LogP contribution in [0.5, 0.6) is 0 Å². The molecule has 1 aromatic rings. The Morgan fingerprint density at radius 2 is 2.00 bits per heavy atom. The van der Waals surface area contributed by atoms with E-state index in [1.165, 1.54) is 12.1 Å². The van der Waals surface area contributed by atoms with Crippen molar-refractivity contribution in [1.29, 1.82) is 0 Å². The fraction of sp³-hybridized carbons (Fsp3) is 0.400. The maximum atomic E-state index is 12.8. The second kappa shape index (κ2) is 6.14. The molecule has 0 saturated heterocycles. The van der Waals surface area contributed by atoms with Crippen LogP contribution >= 0.6 is 15.9 Å². The van der Waals surface area contributed by atoms with Crippen molar-refractivity contribution in [2.75, 3.05) is 11.9 Å². The van der Waals surface area contributed by atoms with Gasteiger partial charge in [-0.15, -0.1) is 0 Å². The maximum absolute atomic E-state index is 12.8. The standard InChI is InChI=1S/C10H9BrF3NO3/c11-5-6-18-9(10(12,13)14)7-3-1-2-4-8(7)15(16)17/h1-4,9H,5-6H2. The van der Waals surface area contributed by atoms with E-state index >= 15 is 0 Å². The third-order valence-electron chi connectivity index (χ3n) is 2.07. The molecule has 1 rings (SSSR count). The lowest BCUT2D eigenvalue weighted by atomic mass is 10.1. The second-order valence-corrected chi connectivity index (χ2v) is 4.09. The van der Waals surface area contributed by atoms with Gasteiger partial charge in [0.2, 0.25) is 0 Å². The maximum Gasteiger partial charge on any atom is 0.419 e. The van der Waals surface area contributed by atoms with Crippen molar-refractivity contribution >= 4 is 21.6 Å². The van der Waals surface area contributed by atoms with E-state index in [-0.39, 0.29) is 11.9 Å². The Kier molecular flexibility index (Phi) is 5.09. The van der Waals surface area contributed by atoms with Crippen molar-refractivity contribution in [1.82, 2.24) is 0 Å². The Balaban J connectivity index is 3.16. The number of hydrogen-bond donors (Lipinski definition) is 0. The van der Waals surface area contributed by atoms with Crippen LogP contribution in [0.3, 0.4) is 0 Å². The van der Waals surface area contributed by atoms with Crippen LogP contribution in [0.2, 0.25) is 0 Å². The molecule has 0 amide bonds. The number of hydrogen-bond acceptors (Lipinski definition) is 3. The number of rotatable bonds is 5. The third-order valence-corrected chi connectivity index (χ3v) is 2.40. The smallest absolute Gasteiger partial charge is 0.363 e. The van der Waals surface area contributed by atoms with Gasteiger partial charge in [0.05, 0.1) is 17.1 Å². The number of para-hydroxylation sites is 1. The Morgan fingerprint density at radius 1 is 1.39 bits per heavy atom. The summed E-state index contributed by atoms with van der Waals surface area (Å²) in [6.07, 6.45) is -6.99. The highest BCUT2D eigenvalue weighted by Crippen LogP contribution is 2.39. The van der Waals surface area contributed by atoms with Crippen molar-refractivity contribution in [3.63, 3.8) is 0 Å². The van der Waals surface area contributed by atoms with E-state index < -0.39 is 28.5 Å². The molecule has 0 aliphatic rings. The molecule has 0 aliphatic carbocycles. The van der Waals surface area contributed by atoms with Crippen molar-refractivity contribution in [2.45, 2.75) is 12.3 Å². The van der Waals surface area contributed by atoms with Crippen LogP contribution in [-0.2, 0) is 4.74 Å². The highest BCUT2D eigenvalue weighted by Gasteiger charge is 2.44. The van der Waals surface area contributed by atoms with Crippen LogP contribution in [0.4, 0.5) is 18.9 Å². The Morgan fingerprint density at radius 3 is 2.50 bits per heavy atom. The third kappa shape index (κ3) is 3.67. The molecule has 8 heteroatoms. The molecule has 0 spiro atoms. The minimum atomic E-state index is -4.70. The van der Waals surface area contributed by atoms with Crippen LogP contribution in [0.1, 0.15) is 11.7 Å². The Bertz CT molecular complexity index is 425. The molecule has 0 aromatic heterocycles. The van der Waals surface area contributed by atoms with Crippen LogP contribution in [0.25, 0.3) is 0 Å². The predicted molar refractivity (Wildman–Crippen MR) is 61.6 cm³/mol. The summed E-state index contributed by atoms with van der Waals surface area (Å²) >= 11 is 2.94.